The first-order valence-corrected chi connectivity index (χ1v) is 10.0. The molecule has 2 aromatic rings. The van der Waals surface area contributed by atoms with Crippen molar-refractivity contribution < 1.29 is 22.4 Å². The molecule has 3 rings (SSSR count). The van der Waals surface area contributed by atoms with Crippen LogP contribution in [0, 0.1) is 0 Å². The van der Waals surface area contributed by atoms with Gasteiger partial charge in [0.25, 0.3) is 0 Å². The van der Waals surface area contributed by atoms with Crippen molar-refractivity contribution in [3.8, 4) is 11.5 Å². The van der Waals surface area contributed by atoms with E-state index in [1.165, 1.54) is 24.6 Å². The normalized spacial score (nSPS) is 18.4. The second-order valence-corrected chi connectivity index (χ2v) is 8.46. The second kappa shape index (κ2) is 7.28. The van der Waals surface area contributed by atoms with Gasteiger partial charge in [0.1, 0.15) is 16.4 Å². The molecule has 1 atom stereocenters. The second-order valence-electron chi connectivity index (χ2n) is 6.60. The lowest BCUT2D eigenvalue weighted by Crippen LogP contribution is -2.30. The predicted octanol–water partition coefficient (Wildman–Crippen LogP) is 3.34. The molecule has 0 radical (unpaired) electrons. The van der Waals surface area contributed by atoms with Crippen LogP contribution in [0.2, 0.25) is 0 Å². The quantitative estimate of drug-likeness (QED) is 0.764. The van der Waals surface area contributed by atoms with Gasteiger partial charge >= 0.3 is 0 Å². The molecule has 1 aliphatic heterocycles. The first-order chi connectivity index (χ1) is 12.4. The summed E-state index contributed by atoms with van der Waals surface area (Å²) in [7, 11) is -0.831. The van der Waals surface area contributed by atoms with Gasteiger partial charge in [-0.15, -0.1) is 0 Å². The molecular weight excluding hydrogens is 356 g/mol. The van der Waals surface area contributed by atoms with Gasteiger partial charge in [0.15, 0.2) is 5.76 Å². The van der Waals surface area contributed by atoms with E-state index in [0.29, 0.717) is 24.5 Å². The summed E-state index contributed by atoms with van der Waals surface area (Å²) in [5.41, 5.74) is 0.822. The first-order valence-electron chi connectivity index (χ1n) is 8.59. The summed E-state index contributed by atoms with van der Waals surface area (Å²) in [5, 5.41) is 4.07. The Kier molecular flexibility index (Phi) is 5.24. The Hall–Kier alpha value is -2.06. The summed E-state index contributed by atoms with van der Waals surface area (Å²) >= 11 is 0. The number of methoxy groups -OCH3 is 2. The maximum absolute atomic E-state index is 13.3. The number of sulfonamides is 1. The fourth-order valence-corrected chi connectivity index (χ4v) is 4.99. The third-order valence-corrected chi connectivity index (χ3v) is 6.56. The molecule has 1 saturated heterocycles. The SMILES string of the molecule is COc1ccc(OC)c(S(=O)(=O)N2CCC[C@@H]2c2cc(C(C)C)no2)c1. The number of rotatable bonds is 6. The van der Waals surface area contributed by atoms with Crippen LogP contribution in [0.1, 0.15) is 50.1 Å². The van der Waals surface area contributed by atoms with Crippen LogP contribution in [0.3, 0.4) is 0 Å². The highest BCUT2D eigenvalue weighted by Crippen LogP contribution is 2.40. The number of hydrogen-bond donors (Lipinski definition) is 0. The Balaban J connectivity index is 2.00. The summed E-state index contributed by atoms with van der Waals surface area (Å²) < 4.78 is 44.1. The Labute approximate surface area is 153 Å². The Morgan fingerprint density at radius 1 is 1.23 bits per heavy atom. The smallest absolute Gasteiger partial charge is 0.247 e. The van der Waals surface area contributed by atoms with Crippen molar-refractivity contribution in [2.75, 3.05) is 20.8 Å². The minimum Gasteiger partial charge on any atom is -0.497 e. The molecule has 0 saturated carbocycles. The Morgan fingerprint density at radius 2 is 2.00 bits per heavy atom. The number of ether oxygens (including phenoxy) is 2. The van der Waals surface area contributed by atoms with E-state index in [1.54, 1.807) is 12.1 Å². The van der Waals surface area contributed by atoms with Crippen LogP contribution in [-0.2, 0) is 10.0 Å². The minimum absolute atomic E-state index is 0.0925. The van der Waals surface area contributed by atoms with Crippen molar-refractivity contribution in [1.29, 1.82) is 0 Å². The Bertz CT molecular complexity index is 875. The first kappa shape index (κ1) is 18.7. The van der Waals surface area contributed by atoms with Crippen molar-refractivity contribution in [2.45, 2.75) is 43.5 Å². The van der Waals surface area contributed by atoms with Crippen molar-refractivity contribution in [3.05, 3.63) is 35.7 Å². The minimum atomic E-state index is -3.78. The van der Waals surface area contributed by atoms with Crippen LogP contribution in [0.5, 0.6) is 11.5 Å². The van der Waals surface area contributed by atoms with E-state index >= 15 is 0 Å². The van der Waals surface area contributed by atoms with Crippen molar-refractivity contribution in [1.82, 2.24) is 9.46 Å². The van der Waals surface area contributed by atoms with Crippen molar-refractivity contribution >= 4 is 10.0 Å². The topological polar surface area (TPSA) is 81.9 Å². The molecule has 0 amide bonds. The summed E-state index contributed by atoms with van der Waals surface area (Å²) in [4.78, 5) is 0.0925. The lowest BCUT2D eigenvalue weighted by atomic mass is 10.1. The highest BCUT2D eigenvalue weighted by atomic mass is 32.2. The maximum atomic E-state index is 13.3. The number of nitrogens with zero attached hydrogens (tertiary/aromatic N) is 2. The van der Waals surface area contributed by atoms with E-state index in [2.05, 4.69) is 5.16 Å². The van der Waals surface area contributed by atoms with Gasteiger partial charge in [-0.3, -0.25) is 0 Å². The van der Waals surface area contributed by atoms with Crippen LogP contribution in [-0.4, -0.2) is 38.6 Å². The van der Waals surface area contributed by atoms with Crippen LogP contribution in [0.15, 0.2) is 33.7 Å². The molecule has 1 fully saturated rings. The highest BCUT2D eigenvalue weighted by Gasteiger charge is 2.40. The number of benzene rings is 1. The van der Waals surface area contributed by atoms with Gasteiger partial charge in [-0.05, 0) is 30.9 Å². The highest BCUT2D eigenvalue weighted by molar-refractivity contribution is 7.89. The van der Waals surface area contributed by atoms with Crippen molar-refractivity contribution in [3.63, 3.8) is 0 Å². The average Bonchev–Trinajstić information content (AvgIpc) is 3.30. The zero-order chi connectivity index (χ0) is 18.9. The van der Waals surface area contributed by atoms with Crippen LogP contribution in [0.4, 0.5) is 0 Å². The number of hydrogen-bond acceptors (Lipinski definition) is 6. The van der Waals surface area contributed by atoms with Gasteiger partial charge in [0.2, 0.25) is 10.0 Å². The maximum Gasteiger partial charge on any atom is 0.247 e. The lowest BCUT2D eigenvalue weighted by molar-refractivity contribution is 0.294. The van der Waals surface area contributed by atoms with Gasteiger partial charge in [-0.1, -0.05) is 19.0 Å². The van der Waals surface area contributed by atoms with E-state index < -0.39 is 10.0 Å². The largest absolute Gasteiger partial charge is 0.497 e. The lowest BCUT2D eigenvalue weighted by Gasteiger charge is -2.23. The molecule has 142 valence electrons. The molecular formula is C18H24N2O5S. The standard InChI is InChI=1S/C18H24N2O5S/c1-12(2)14-11-17(25-19-14)15-6-5-9-20(15)26(21,22)18-10-13(23-3)7-8-16(18)24-4/h7-8,10-12,15H,5-6,9H2,1-4H3/t15-/m1/s1. The van der Waals surface area contributed by atoms with E-state index in [4.69, 9.17) is 14.0 Å². The Morgan fingerprint density at radius 3 is 2.62 bits per heavy atom. The number of aromatic nitrogens is 1. The van der Waals surface area contributed by atoms with E-state index in [9.17, 15) is 8.42 Å². The molecule has 1 aromatic heterocycles. The van der Waals surface area contributed by atoms with E-state index in [1.807, 2.05) is 19.9 Å². The molecule has 7 nitrogen and oxygen atoms in total. The molecule has 0 bridgehead atoms. The zero-order valence-corrected chi connectivity index (χ0v) is 16.2. The van der Waals surface area contributed by atoms with Crippen molar-refractivity contribution in [2.24, 2.45) is 0 Å². The van der Waals surface area contributed by atoms with E-state index in [-0.39, 0.29) is 22.6 Å². The molecule has 1 aromatic carbocycles. The monoisotopic (exact) mass is 380 g/mol. The molecule has 0 N–H and O–H groups in total. The summed E-state index contributed by atoms with van der Waals surface area (Å²) in [6, 6.07) is 6.25. The third kappa shape index (κ3) is 3.31. The zero-order valence-electron chi connectivity index (χ0n) is 15.4. The predicted molar refractivity (Wildman–Crippen MR) is 96.0 cm³/mol. The van der Waals surface area contributed by atoms with Gasteiger partial charge < -0.3 is 14.0 Å². The third-order valence-electron chi connectivity index (χ3n) is 4.63. The van der Waals surface area contributed by atoms with Gasteiger partial charge in [0, 0.05) is 18.7 Å². The van der Waals surface area contributed by atoms with Gasteiger partial charge in [0.05, 0.1) is 26.0 Å². The molecule has 1 aliphatic rings. The summed E-state index contributed by atoms with van der Waals surface area (Å²) in [5.74, 6) is 1.55. The summed E-state index contributed by atoms with van der Waals surface area (Å²) in [6.07, 6.45) is 1.45. The van der Waals surface area contributed by atoms with Crippen LogP contribution in [0.25, 0.3) is 0 Å². The fourth-order valence-electron chi connectivity index (χ4n) is 3.16. The molecule has 0 spiro atoms. The van der Waals surface area contributed by atoms with Gasteiger partial charge in [-0.2, -0.15) is 4.31 Å². The average molecular weight is 380 g/mol. The molecule has 2 heterocycles. The molecule has 26 heavy (non-hydrogen) atoms. The molecule has 0 unspecified atom stereocenters. The van der Waals surface area contributed by atoms with Crippen LogP contribution < -0.4 is 9.47 Å². The summed E-state index contributed by atoms with van der Waals surface area (Å²) in [6.45, 7) is 4.46. The van der Waals surface area contributed by atoms with E-state index in [0.717, 1.165) is 12.1 Å². The molecule has 0 aliphatic carbocycles. The van der Waals surface area contributed by atoms with Gasteiger partial charge in [-0.25, -0.2) is 8.42 Å². The fraction of sp³-hybridized carbons (Fsp3) is 0.500. The van der Waals surface area contributed by atoms with Crippen LogP contribution >= 0.6 is 0 Å². The molecule has 8 heteroatoms.